The monoisotopic (exact) mass is 477 g/mol. The van der Waals surface area contributed by atoms with Crippen LogP contribution in [0, 0.1) is 6.92 Å². The van der Waals surface area contributed by atoms with Crippen molar-refractivity contribution in [2.45, 2.75) is 17.0 Å². The van der Waals surface area contributed by atoms with Gasteiger partial charge in [0.25, 0.3) is 5.91 Å². The quantitative estimate of drug-likeness (QED) is 0.288. The third-order valence-electron chi connectivity index (χ3n) is 4.17. The van der Waals surface area contributed by atoms with E-state index in [0.717, 1.165) is 17.2 Å². The lowest BCUT2D eigenvalue weighted by atomic mass is 10.1. The molecule has 4 aromatic rings. The van der Waals surface area contributed by atoms with E-state index >= 15 is 0 Å². The summed E-state index contributed by atoms with van der Waals surface area (Å²) in [6, 6.07) is 11.9. The second-order valence-electron chi connectivity index (χ2n) is 6.28. The van der Waals surface area contributed by atoms with Gasteiger partial charge < -0.3 is 4.42 Å². The Kier molecular flexibility index (Phi) is 6.10. The van der Waals surface area contributed by atoms with Crippen molar-refractivity contribution in [3.8, 4) is 0 Å². The molecule has 2 aromatic carbocycles. The molecule has 0 fully saturated rings. The highest BCUT2D eigenvalue weighted by Crippen LogP contribution is 2.30. The van der Waals surface area contributed by atoms with Crippen LogP contribution in [0.1, 0.15) is 21.7 Å². The first-order valence-electron chi connectivity index (χ1n) is 8.66. The van der Waals surface area contributed by atoms with Gasteiger partial charge >= 0.3 is 0 Å². The number of amides is 1. The third-order valence-corrected chi connectivity index (χ3v) is 6.96. The van der Waals surface area contributed by atoms with Crippen molar-refractivity contribution in [2.24, 2.45) is 0 Å². The Balaban J connectivity index is 1.49. The Morgan fingerprint density at radius 3 is 2.77 bits per heavy atom. The van der Waals surface area contributed by atoms with E-state index in [9.17, 15) is 9.59 Å². The minimum atomic E-state index is -0.583. The van der Waals surface area contributed by atoms with E-state index in [-0.39, 0.29) is 11.2 Å². The zero-order valence-corrected chi connectivity index (χ0v) is 18.6. The average Bonchev–Trinajstić information content (AvgIpc) is 3.16. The number of anilines is 1. The number of hydrogen-bond acceptors (Lipinski definition) is 7. The molecule has 4 rings (SSSR count). The summed E-state index contributed by atoms with van der Waals surface area (Å²) >= 11 is 14.9. The normalized spacial score (nSPS) is 11.0. The summed E-state index contributed by atoms with van der Waals surface area (Å²) < 4.78 is 6.28. The van der Waals surface area contributed by atoms with Crippen molar-refractivity contribution in [3.05, 3.63) is 79.6 Å². The van der Waals surface area contributed by atoms with E-state index in [1.807, 2.05) is 24.3 Å². The molecule has 0 radical (unpaired) electrons. The van der Waals surface area contributed by atoms with Crippen LogP contribution in [-0.4, -0.2) is 16.1 Å². The first kappa shape index (κ1) is 20.9. The molecule has 2 heterocycles. The number of nitrogens with zero attached hydrogens (tertiary/aromatic N) is 2. The summed E-state index contributed by atoms with van der Waals surface area (Å²) in [5, 5.41) is 12.4. The van der Waals surface area contributed by atoms with Gasteiger partial charge in [0, 0.05) is 21.9 Å². The van der Waals surface area contributed by atoms with Crippen LogP contribution in [0.4, 0.5) is 5.13 Å². The first-order chi connectivity index (χ1) is 14.4. The maximum Gasteiger partial charge on any atom is 0.293 e. The van der Waals surface area contributed by atoms with Crippen LogP contribution < -0.4 is 10.7 Å². The first-order valence-corrected chi connectivity index (χ1v) is 11.2. The molecular weight excluding hydrogens is 465 g/mol. The van der Waals surface area contributed by atoms with Crippen LogP contribution in [0.5, 0.6) is 0 Å². The van der Waals surface area contributed by atoms with Crippen molar-refractivity contribution in [2.75, 3.05) is 5.32 Å². The van der Waals surface area contributed by atoms with E-state index in [1.165, 1.54) is 29.2 Å². The minimum Gasteiger partial charge on any atom is -0.451 e. The van der Waals surface area contributed by atoms with Crippen molar-refractivity contribution < 1.29 is 9.21 Å². The lowest BCUT2D eigenvalue weighted by Crippen LogP contribution is -2.15. The molecule has 10 heteroatoms. The molecule has 152 valence electrons. The molecule has 0 aliphatic carbocycles. The number of aromatic nitrogens is 2. The highest BCUT2D eigenvalue weighted by atomic mass is 35.5. The zero-order chi connectivity index (χ0) is 21.3. The van der Waals surface area contributed by atoms with Gasteiger partial charge in [-0.1, -0.05) is 64.5 Å². The van der Waals surface area contributed by atoms with Crippen molar-refractivity contribution in [3.63, 3.8) is 0 Å². The predicted molar refractivity (Wildman–Crippen MR) is 121 cm³/mol. The van der Waals surface area contributed by atoms with E-state index < -0.39 is 5.91 Å². The second-order valence-corrected chi connectivity index (χ2v) is 9.29. The van der Waals surface area contributed by atoms with Gasteiger partial charge in [0.05, 0.1) is 5.39 Å². The Morgan fingerprint density at radius 2 is 1.97 bits per heavy atom. The van der Waals surface area contributed by atoms with Crippen LogP contribution >= 0.6 is 46.3 Å². The van der Waals surface area contributed by atoms with Gasteiger partial charge in [0.15, 0.2) is 15.5 Å². The molecule has 1 N–H and O–H groups in total. The zero-order valence-electron chi connectivity index (χ0n) is 15.4. The van der Waals surface area contributed by atoms with Crippen LogP contribution in [0.3, 0.4) is 0 Å². The van der Waals surface area contributed by atoms with E-state index in [0.29, 0.717) is 36.2 Å². The number of rotatable bonds is 5. The molecule has 2 aromatic heterocycles. The van der Waals surface area contributed by atoms with Gasteiger partial charge in [0.1, 0.15) is 5.58 Å². The Hall–Kier alpha value is -2.39. The standard InChI is InChI=1S/C20H13Cl2N3O3S2/c1-10-6-16-12(7-14(10)22)15(26)8-17(28-16)18(27)23-19-24-25-20(30-19)29-9-11-4-2-3-5-13(11)21/h2-8H,9H2,1H3,(H,23,24,27). The van der Waals surface area contributed by atoms with Gasteiger partial charge in [-0.15, -0.1) is 10.2 Å². The minimum absolute atomic E-state index is 0.116. The molecule has 0 aliphatic heterocycles. The number of halogens is 2. The van der Waals surface area contributed by atoms with E-state index in [2.05, 4.69) is 15.5 Å². The summed E-state index contributed by atoms with van der Waals surface area (Å²) in [6.07, 6.45) is 0. The van der Waals surface area contributed by atoms with Crippen molar-refractivity contribution in [1.82, 2.24) is 10.2 Å². The fourth-order valence-electron chi connectivity index (χ4n) is 2.62. The molecule has 0 aliphatic rings. The highest BCUT2D eigenvalue weighted by Gasteiger charge is 2.16. The molecule has 0 spiro atoms. The van der Waals surface area contributed by atoms with Crippen LogP contribution in [0.15, 0.2) is 56.0 Å². The highest BCUT2D eigenvalue weighted by molar-refractivity contribution is 8.00. The number of nitrogens with one attached hydrogen (secondary N) is 1. The number of hydrogen-bond donors (Lipinski definition) is 1. The molecule has 6 nitrogen and oxygen atoms in total. The Labute approximate surface area is 189 Å². The van der Waals surface area contributed by atoms with Gasteiger partial charge in [0.2, 0.25) is 5.13 Å². The summed E-state index contributed by atoms with van der Waals surface area (Å²) in [7, 11) is 0. The Bertz CT molecular complexity index is 1320. The third kappa shape index (κ3) is 4.52. The maximum absolute atomic E-state index is 12.5. The van der Waals surface area contributed by atoms with Crippen molar-refractivity contribution in [1.29, 1.82) is 0 Å². The summed E-state index contributed by atoms with van der Waals surface area (Å²) in [5.41, 5.74) is 1.67. The predicted octanol–water partition coefficient (Wildman–Crippen LogP) is 5.80. The number of carbonyl (C=O) groups is 1. The molecule has 0 saturated heterocycles. The largest absolute Gasteiger partial charge is 0.451 e. The van der Waals surface area contributed by atoms with Crippen LogP contribution in [0.25, 0.3) is 11.0 Å². The number of benzene rings is 2. The number of fused-ring (bicyclic) bond motifs is 1. The second kappa shape index (κ2) is 8.77. The molecule has 0 saturated carbocycles. The lowest BCUT2D eigenvalue weighted by Gasteiger charge is -2.04. The van der Waals surface area contributed by atoms with Gasteiger partial charge in [-0.3, -0.25) is 14.9 Å². The molecular formula is C20H13Cl2N3O3S2. The topological polar surface area (TPSA) is 85.1 Å². The number of aryl methyl sites for hydroxylation is 1. The number of carbonyl (C=O) groups excluding carboxylic acids is 1. The SMILES string of the molecule is Cc1cc2oc(C(=O)Nc3nnc(SCc4ccccc4Cl)s3)cc(=O)c2cc1Cl. The fraction of sp³-hybridized carbons (Fsp3) is 0.100. The summed E-state index contributed by atoms with van der Waals surface area (Å²) in [4.78, 5) is 24.9. The molecule has 0 atom stereocenters. The molecule has 0 bridgehead atoms. The smallest absolute Gasteiger partial charge is 0.293 e. The maximum atomic E-state index is 12.5. The van der Waals surface area contributed by atoms with E-state index in [1.54, 1.807) is 13.0 Å². The van der Waals surface area contributed by atoms with Gasteiger partial charge in [-0.2, -0.15) is 0 Å². The van der Waals surface area contributed by atoms with E-state index in [4.69, 9.17) is 27.6 Å². The van der Waals surface area contributed by atoms with Gasteiger partial charge in [-0.05, 0) is 36.2 Å². The molecule has 30 heavy (non-hydrogen) atoms. The average molecular weight is 478 g/mol. The summed E-state index contributed by atoms with van der Waals surface area (Å²) in [6.45, 7) is 1.79. The lowest BCUT2D eigenvalue weighted by molar-refractivity contribution is 0.0997. The Morgan fingerprint density at radius 1 is 1.17 bits per heavy atom. The fourth-order valence-corrected chi connectivity index (χ4v) is 4.82. The molecule has 1 amide bonds. The molecule has 0 unspecified atom stereocenters. The van der Waals surface area contributed by atoms with Crippen LogP contribution in [0.2, 0.25) is 10.0 Å². The van der Waals surface area contributed by atoms with Crippen molar-refractivity contribution >= 4 is 68.3 Å². The number of thioether (sulfide) groups is 1. The van der Waals surface area contributed by atoms with Crippen LogP contribution in [-0.2, 0) is 5.75 Å². The summed E-state index contributed by atoms with van der Waals surface area (Å²) in [5.74, 6) is -0.0703. The van der Waals surface area contributed by atoms with Gasteiger partial charge in [-0.25, -0.2) is 0 Å².